The lowest BCUT2D eigenvalue weighted by atomic mass is 10.0. The van der Waals surface area contributed by atoms with Gasteiger partial charge in [0.15, 0.2) is 0 Å². The summed E-state index contributed by atoms with van der Waals surface area (Å²) in [7, 11) is 0. The van der Waals surface area contributed by atoms with Gasteiger partial charge in [0.25, 0.3) is 11.8 Å². The van der Waals surface area contributed by atoms with Gasteiger partial charge in [-0.15, -0.1) is 0 Å². The molecule has 2 aliphatic heterocycles. The highest BCUT2D eigenvalue weighted by molar-refractivity contribution is 6.35. The summed E-state index contributed by atoms with van der Waals surface area (Å²) >= 11 is 0. The summed E-state index contributed by atoms with van der Waals surface area (Å²) in [5, 5.41) is 0. The number of halogens is 1. The predicted octanol–water partition coefficient (Wildman–Crippen LogP) is 2.42. The van der Waals surface area contributed by atoms with Crippen LogP contribution in [0.4, 0.5) is 4.39 Å². The molecule has 25 heavy (non-hydrogen) atoms. The Morgan fingerprint density at radius 1 is 1.04 bits per heavy atom. The summed E-state index contributed by atoms with van der Waals surface area (Å²) in [5.74, 6) is -0.994. The molecule has 0 radical (unpaired) electrons. The number of nitrogens with zero attached hydrogens (tertiary/aromatic N) is 2. The van der Waals surface area contributed by atoms with E-state index in [0.717, 1.165) is 0 Å². The number of imide groups is 1. The Kier molecular flexibility index (Phi) is 4.64. The molecule has 1 aromatic rings. The highest BCUT2D eigenvalue weighted by atomic mass is 19.1. The third kappa shape index (κ3) is 3.18. The first-order valence-electron chi connectivity index (χ1n) is 8.58. The van der Waals surface area contributed by atoms with Gasteiger partial charge in [0.05, 0.1) is 17.8 Å². The topological polar surface area (TPSA) is 49.9 Å². The van der Waals surface area contributed by atoms with Crippen LogP contribution in [-0.2, 0) is 14.3 Å². The van der Waals surface area contributed by atoms with Crippen molar-refractivity contribution >= 4 is 17.4 Å². The second-order valence-corrected chi connectivity index (χ2v) is 6.97. The van der Waals surface area contributed by atoms with Crippen molar-refractivity contribution in [1.29, 1.82) is 0 Å². The van der Waals surface area contributed by atoms with E-state index in [-0.39, 0.29) is 35.9 Å². The Morgan fingerprint density at radius 3 is 2.12 bits per heavy atom. The highest BCUT2D eigenvalue weighted by Gasteiger charge is 2.44. The molecule has 5 nitrogen and oxygen atoms in total. The first-order chi connectivity index (χ1) is 11.8. The molecule has 2 amide bonds. The SMILES string of the molecule is CC1CN(C2=C(c3ccc(F)cc3)C(=O)N(C(C)C)C2=O)CC(C)O1. The molecule has 1 aromatic carbocycles. The Labute approximate surface area is 147 Å². The molecule has 0 aliphatic carbocycles. The minimum absolute atomic E-state index is 0.0401. The van der Waals surface area contributed by atoms with Gasteiger partial charge in [0.2, 0.25) is 0 Å². The maximum atomic E-state index is 13.3. The Balaban J connectivity index is 2.11. The molecule has 134 valence electrons. The van der Waals surface area contributed by atoms with E-state index in [1.165, 1.54) is 17.0 Å². The lowest BCUT2D eigenvalue weighted by Gasteiger charge is -2.37. The van der Waals surface area contributed by atoms with Crippen molar-refractivity contribution in [2.75, 3.05) is 13.1 Å². The number of morpholine rings is 1. The number of hydrogen-bond donors (Lipinski definition) is 0. The second-order valence-electron chi connectivity index (χ2n) is 6.97. The molecule has 1 saturated heterocycles. The van der Waals surface area contributed by atoms with E-state index in [9.17, 15) is 14.0 Å². The third-order valence-electron chi connectivity index (χ3n) is 4.48. The van der Waals surface area contributed by atoms with Crippen molar-refractivity contribution in [2.24, 2.45) is 0 Å². The molecule has 0 saturated carbocycles. The maximum Gasteiger partial charge on any atom is 0.278 e. The van der Waals surface area contributed by atoms with Gasteiger partial charge in [-0.25, -0.2) is 4.39 Å². The van der Waals surface area contributed by atoms with Gasteiger partial charge in [0.1, 0.15) is 11.5 Å². The van der Waals surface area contributed by atoms with Gasteiger partial charge >= 0.3 is 0 Å². The van der Waals surface area contributed by atoms with E-state index in [4.69, 9.17) is 4.74 Å². The van der Waals surface area contributed by atoms with E-state index in [0.29, 0.717) is 29.9 Å². The molecular formula is C19H23FN2O3. The van der Waals surface area contributed by atoms with Crippen molar-refractivity contribution < 1.29 is 18.7 Å². The smallest absolute Gasteiger partial charge is 0.278 e. The van der Waals surface area contributed by atoms with E-state index in [1.54, 1.807) is 12.1 Å². The van der Waals surface area contributed by atoms with Crippen LogP contribution in [0.25, 0.3) is 5.57 Å². The molecule has 0 bridgehead atoms. The van der Waals surface area contributed by atoms with Crippen molar-refractivity contribution in [1.82, 2.24) is 9.80 Å². The normalized spacial score (nSPS) is 24.7. The van der Waals surface area contributed by atoms with Gasteiger partial charge in [-0.2, -0.15) is 0 Å². The lowest BCUT2D eigenvalue weighted by Crippen LogP contribution is -2.47. The van der Waals surface area contributed by atoms with Gasteiger partial charge in [-0.05, 0) is 45.4 Å². The fourth-order valence-electron chi connectivity index (χ4n) is 3.53. The van der Waals surface area contributed by atoms with Crippen LogP contribution in [0, 0.1) is 5.82 Å². The standard InChI is InChI=1S/C19H23FN2O3/c1-11(2)22-18(23)16(14-5-7-15(20)8-6-14)17(19(22)24)21-9-12(3)25-13(4)10-21/h5-8,11-13H,9-10H2,1-4H3. The summed E-state index contributed by atoms with van der Waals surface area (Å²) in [5.41, 5.74) is 1.30. The fourth-order valence-corrected chi connectivity index (χ4v) is 3.53. The van der Waals surface area contributed by atoms with E-state index < -0.39 is 0 Å². The van der Waals surface area contributed by atoms with Crippen LogP contribution in [0.2, 0.25) is 0 Å². The van der Waals surface area contributed by atoms with Gasteiger partial charge in [-0.3, -0.25) is 14.5 Å². The predicted molar refractivity (Wildman–Crippen MR) is 91.9 cm³/mol. The molecule has 3 rings (SSSR count). The molecular weight excluding hydrogens is 323 g/mol. The minimum Gasteiger partial charge on any atom is -0.372 e. The summed E-state index contributed by atoms with van der Waals surface area (Å²) in [6, 6.07) is 5.46. The van der Waals surface area contributed by atoms with Crippen molar-refractivity contribution in [3.63, 3.8) is 0 Å². The summed E-state index contributed by atoms with van der Waals surface area (Å²) in [6.45, 7) is 8.59. The molecule has 6 heteroatoms. The fraction of sp³-hybridized carbons (Fsp3) is 0.474. The third-order valence-corrected chi connectivity index (χ3v) is 4.48. The molecule has 2 heterocycles. The van der Waals surface area contributed by atoms with E-state index in [2.05, 4.69) is 0 Å². The monoisotopic (exact) mass is 346 g/mol. The molecule has 2 unspecified atom stereocenters. The number of rotatable bonds is 3. The summed E-state index contributed by atoms with van der Waals surface area (Å²) in [6.07, 6.45) is -0.0801. The first-order valence-corrected chi connectivity index (χ1v) is 8.58. The largest absolute Gasteiger partial charge is 0.372 e. The Bertz CT molecular complexity index is 717. The minimum atomic E-state index is -0.378. The van der Waals surface area contributed by atoms with Gasteiger partial charge in [-0.1, -0.05) is 12.1 Å². The maximum absolute atomic E-state index is 13.3. The van der Waals surface area contributed by atoms with E-state index >= 15 is 0 Å². The van der Waals surface area contributed by atoms with Crippen LogP contribution in [0.1, 0.15) is 33.3 Å². The van der Waals surface area contributed by atoms with Crippen LogP contribution in [-0.4, -0.2) is 53.0 Å². The quantitative estimate of drug-likeness (QED) is 0.789. The molecule has 1 fully saturated rings. The average Bonchev–Trinajstić information content (AvgIpc) is 2.78. The number of ether oxygens (including phenoxy) is 1. The lowest BCUT2D eigenvalue weighted by molar-refractivity contribution is -0.140. The van der Waals surface area contributed by atoms with Gasteiger partial charge < -0.3 is 9.64 Å². The number of benzene rings is 1. The number of carbonyl (C=O) groups is 2. The number of amides is 2. The van der Waals surface area contributed by atoms with Crippen LogP contribution in [0.3, 0.4) is 0 Å². The summed E-state index contributed by atoms with van der Waals surface area (Å²) in [4.78, 5) is 29.2. The van der Waals surface area contributed by atoms with Crippen molar-refractivity contribution in [3.05, 3.63) is 41.3 Å². The van der Waals surface area contributed by atoms with Crippen LogP contribution < -0.4 is 0 Å². The summed E-state index contributed by atoms with van der Waals surface area (Å²) < 4.78 is 19.0. The molecule has 0 spiro atoms. The van der Waals surface area contributed by atoms with Crippen LogP contribution in [0.5, 0.6) is 0 Å². The highest BCUT2D eigenvalue weighted by Crippen LogP contribution is 2.34. The molecule has 0 N–H and O–H groups in total. The number of carbonyl (C=O) groups excluding carboxylic acids is 2. The zero-order valence-electron chi connectivity index (χ0n) is 15.0. The van der Waals surface area contributed by atoms with Crippen molar-refractivity contribution in [3.8, 4) is 0 Å². The van der Waals surface area contributed by atoms with Crippen LogP contribution in [0.15, 0.2) is 30.0 Å². The molecule has 2 aliphatic rings. The van der Waals surface area contributed by atoms with Crippen molar-refractivity contribution in [2.45, 2.75) is 45.9 Å². The van der Waals surface area contributed by atoms with E-state index in [1.807, 2.05) is 32.6 Å². The Hall–Kier alpha value is -2.21. The molecule has 2 atom stereocenters. The first kappa shape index (κ1) is 17.6. The van der Waals surface area contributed by atoms with Crippen LogP contribution >= 0.6 is 0 Å². The van der Waals surface area contributed by atoms with Gasteiger partial charge in [0, 0.05) is 19.1 Å². The zero-order chi connectivity index (χ0) is 18.3. The zero-order valence-corrected chi connectivity index (χ0v) is 15.0. The average molecular weight is 346 g/mol. The molecule has 0 aromatic heterocycles. The Morgan fingerprint density at radius 2 is 1.60 bits per heavy atom. The number of hydrogen-bond acceptors (Lipinski definition) is 4. The second kappa shape index (κ2) is 6.59.